The van der Waals surface area contributed by atoms with Crippen LogP contribution in [0.1, 0.15) is 30.2 Å². The third-order valence-electron chi connectivity index (χ3n) is 3.95. The Bertz CT molecular complexity index is 913. The fraction of sp³-hybridized carbons (Fsp3) is 0.375. The molecule has 2 aromatic heterocycles. The second-order valence-corrected chi connectivity index (χ2v) is 5.80. The number of nitriles is 1. The topological polar surface area (TPSA) is 101 Å². The van der Waals surface area contributed by atoms with E-state index in [1.807, 2.05) is 0 Å². The largest absolute Gasteiger partial charge is 0.467 e. The van der Waals surface area contributed by atoms with E-state index in [0.717, 1.165) is 17.4 Å². The molecular formula is C16H16N4O4. The molecule has 2 aromatic rings. The lowest BCUT2D eigenvalue weighted by Gasteiger charge is -2.17. The van der Waals surface area contributed by atoms with Gasteiger partial charge in [0.05, 0.1) is 12.8 Å². The highest BCUT2D eigenvalue weighted by Gasteiger charge is 2.27. The molecular weight excluding hydrogens is 312 g/mol. The smallest absolute Gasteiger partial charge is 0.331 e. The molecule has 3 rings (SSSR count). The van der Waals surface area contributed by atoms with E-state index in [4.69, 9.17) is 9.68 Å². The van der Waals surface area contributed by atoms with E-state index in [1.165, 1.54) is 21.9 Å². The third kappa shape index (κ3) is 3.01. The predicted molar refractivity (Wildman–Crippen MR) is 83.1 cm³/mol. The first-order valence-electron chi connectivity index (χ1n) is 7.53. The van der Waals surface area contributed by atoms with Crippen LogP contribution in [0.25, 0.3) is 0 Å². The van der Waals surface area contributed by atoms with Crippen LogP contribution >= 0.6 is 0 Å². The molecule has 1 saturated carbocycles. The van der Waals surface area contributed by atoms with E-state index >= 15 is 0 Å². The molecule has 1 aliphatic rings. The summed E-state index contributed by atoms with van der Waals surface area (Å²) in [6.45, 7) is -0.174. The van der Waals surface area contributed by atoms with Crippen molar-refractivity contribution < 1.29 is 9.21 Å². The summed E-state index contributed by atoms with van der Waals surface area (Å²) in [5, 5.41) is 9.09. The van der Waals surface area contributed by atoms with Gasteiger partial charge in [0.1, 0.15) is 23.9 Å². The van der Waals surface area contributed by atoms with E-state index in [9.17, 15) is 14.4 Å². The Balaban J connectivity index is 1.87. The molecule has 2 heterocycles. The monoisotopic (exact) mass is 328 g/mol. The van der Waals surface area contributed by atoms with Gasteiger partial charge >= 0.3 is 5.69 Å². The lowest BCUT2D eigenvalue weighted by atomic mass is 10.3. The fourth-order valence-electron chi connectivity index (χ4n) is 2.43. The molecule has 0 saturated heterocycles. The van der Waals surface area contributed by atoms with Crippen LogP contribution in [0.2, 0.25) is 0 Å². The normalized spacial score (nSPS) is 13.5. The van der Waals surface area contributed by atoms with Gasteiger partial charge in [-0.25, -0.2) is 9.36 Å². The number of amides is 1. The third-order valence-corrected chi connectivity index (χ3v) is 3.95. The molecule has 0 radical (unpaired) electrons. The number of hydrogen-bond donors (Lipinski definition) is 0. The van der Waals surface area contributed by atoms with Crippen molar-refractivity contribution in [2.45, 2.75) is 32.0 Å². The van der Waals surface area contributed by atoms with Crippen LogP contribution in [-0.4, -0.2) is 27.0 Å². The fourth-order valence-corrected chi connectivity index (χ4v) is 2.43. The summed E-state index contributed by atoms with van der Waals surface area (Å²) in [4.78, 5) is 38.4. The van der Waals surface area contributed by atoms with Gasteiger partial charge in [-0.05, 0) is 25.0 Å². The average molecular weight is 328 g/mol. The number of furan rings is 1. The molecule has 0 spiro atoms. The van der Waals surface area contributed by atoms with Crippen molar-refractivity contribution >= 4 is 5.91 Å². The number of rotatable bonds is 5. The molecule has 0 bridgehead atoms. The van der Waals surface area contributed by atoms with Gasteiger partial charge in [-0.15, -0.1) is 0 Å². The molecule has 0 atom stereocenters. The van der Waals surface area contributed by atoms with Gasteiger partial charge in [0.2, 0.25) is 5.91 Å². The standard InChI is InChI=1S/C16H16N4O4/c1-18(9-13-3-2-6-24-13)14(21)10-20-15(22)11(7-17)8-19(16(20)23)12-4-5-12/h2-3,6,8,12H,4-5,9-10H2,1H3. The first-order chi connectivity index (χ1) is 11.5. The van der Waals surface area contributed by atoms with Crippen LogP contribution in [-0.2, 0) is 17.9 Å². The Kier molecular flexibility index (Phi) is 4.08. The Labute approximate surface area is 137 Å². The number of likely N-dealkylation sites (N-methyl/N-ethyl adjacent to an activating group) is 1. The van der Waals surface area contributed by atoms with Gasteiger partial charge in [0, 0.05) is 19.3 Å². The van der Waals surface area contributed by atoms with Crippen LogP contribution in [0.15, 0.2) is 38.6 Å². The van der Waals surface area contributed by atoms with Gasteiger partial charge in [-0.2, -0.15) is 5.26 Å². The minimum atomic E-state index is -0.737. The van der Waals surface area contributed by atoms with Gasteiger partial charge < -0.3 is 9.32 Å². The Morgan fingerprint density at radius 1 is 1.46 bits per heavy atom. The maximum atomic E-state index is 12.4. The highest BCUT2D eigenvalue weighted by atomic mass is 16.3. The molecule has 8 nitrogen and oxygen atoms in total. The summed E-state index contributed by atoms with van der Waals surface area (Å²) in [5.41, 5.74) is -1.43. The van der Waals surface area contributed by atoms with Crippen molar-refractivity contribution in [3.05, 3.63) is 56.8 Å². The molecule has 1 fully saturated rings. The molecule has 1 amide bonds. The average Bonchev–Trinajstić information content (AvgIpc) is 3.28. The second-order valence-electron chi connectivity index (χ2n) is 5.80. The maximum Gasteiger partial charge on any atom is 0.331 e. The van der Waals surface area contributed by atoms with Crippen LogP contribution in [0.5, 0.6) is 0 Å². The number of aromatic nitrogens is 2. The minimum Gasteiger partial charge on any atom is -0.467 e. The Morgan fingerprint density at radius 2 is 2.21 bits per heavy atom. The molecule has 0 aromatic carbocycles. The SMILES string of the molecule is CN(Cc1ccco1)C(=O)Cn1c(=O)c(C#N)cn(C2CC2)c1=O. The quantitative estimate of drug-likeness (QED) is 0.794. The van der Waals surface area contributed by atoms with E-state index < -0.39 is 23.7 Å². The molecule has 0 N–H and O–H groups in total. The summed E-state index contributed by atoms with van der Waals surface area (Å²) >= 11 is 0. The summed E-state index contributed by atoms with van der Waals surface area (Å²) in [5.74, 6) is 0.183. The van der Waals surface area contributed by atoms with Crippen molar-refractivity contribution in [3.8, 4) is 6.07 Å². The highest BCUT2D eigenvalue weighted by Crippen LogP contribution is 2.33. The second kappa shape index (κ2) is 6.20. The van der Waals surface area contributed by atoms with Crippen LogP contribution < -0.4 is 11.2 Å². The molecule has 124 valence electrons. The van der Waals surface area contributed by atoms with Gasteiger partial charge in [-0.1, -0.05) is 0 Å². The van der Waals surface area contributed by atoms with Crippen molar-refractivity contribution in [3.63, 3.8) is 0 Å². The zero-order chi connectivity index (χ0) is 17.3. The summed E-state index contributed by atoms with van der Waals surface area (Å²) < 4.78 is 7.38. The van der Waals surface area contributed by atoms with E-state index in [-0.39, 0.29) is 18.2 Å². The predicted octanol–water partition coefficient (Wildman–Crippen LogP) is 0.468. The Hall–Kier alpha value is -3.08. The minimum absolute atomic E-state index is 0.00685. The van der Waals surface area contributed by atoms with Crippen molar-refractivity contribution in [2.75, 3.05) is 7.05 Å². The lowest BCUT2D eigenvalue weighted by molar-refractivity contribution is -0.131. The van der Waals surface area contributed by atoms with Gasteiger partial charge in [0.15, 0.2) is 0 Å². The zero-order valence-electron chi connectivity index (χ0n) is 13.1. The van der Waals surface area contributed by atoms with Crippen molar-refractivity contribution in [1.82, 2.24) is 14.0 Å². The van der Waals surface area contributed by atoms with Crippen molar-refractivity contribution in [1.29, 1.82) is 5.26 Å². The zero-order valence-corrected chi connectivity index (χ0v) is 13.1. The maximum absolute atomic E-state index is 12.4. The Morgan fingerprint density at radius 3 is 2.79 bits per heavy atom. The summed E-state index contributed by atoms with van der Waals surface area (Å²) in [6.07, 6.45) is 4.45. The number of carbonyl (C=O) groups is 1. The van der Waals surface area contributed by atoms with Crippen LogP contribution in [0.4, 0.5) is 0 Å². The first kappa shape index (κ1) is 15.8. The summed E-state index contributed by atoms with van der Waals surface area (Å²) in [7, 11) is 1.56. The molecule has 24 heavy (non-hydrogen) atoms. The molecule has 0 aliphatic heterocycles. The van der Waals surface area contributed by atoms with Crippen LogP contribution in [0.3, 0.4) is 0 Å². The van der Waals surface area contributed by atoms with E-state index in [1.54, 1.807) is 25.2 Å². The van der Waals surface area contributed by atoms with Crippen molar-refractivity contribution in [2.24, 2.45) is 0 Å². The summed E-state index contributed by atoms with van der Waals surface area (Å²) in [6, 6.07) is 5.24. The highest BCUT2D eigenvalue weighted by molar-refractivity contribution is 5.75. The van der Waals surface area contributed by atoms with E-state index in [2.05, 4.69) is 0 Å². The first-order valence-corrected chi connectivity index (χ1v) is 7.53. The van der Waals surface area contributed by atoms with Crippen LogP contribution in [0, 0.1) is 11.3 Å². The molecule has 0 unspecified atom stereocenters. The van der Waals surface area contributed by atoms with Gasteiger partial charge in [0.25, 0.3) is 5.56 Å². The molecule has 1 aliphatic carbocycles. The molecule has 8 heteroatoms. The van der Waals surface area contributed by atoms with E-state index in [0.29, 0.717) is 5.76 Å². The number of carbonyl (C=O) groups excluding carboxylic acids is 1. The lowest BCUT2D eigenvalue weighted by Crippen LogP contribution is -2.44. The number of nitrogens with zero attached hydrogens (tertiary/aromatic N) is 4. The van der Waals surface area contributed by atoms with Gasteiger partial charge in [-0.3, -0.25) is 14.2 Å². The number of hydrogen-bond acceptors (Lipinski definition) is 5.